The van der Waals surface area contributed by atoms with Crippen molar-refractivity contribution in [2.24, 2.45) is 16.6 Å². The number of nitrogens with one attached hydrogen (secondary N) is 2. The molecule has 4 nitrogen and oxygen atoms in total. The summed E-state index contributed by atoms with van der Waals surface area (Å²) >= 11 is 4.92. The van der Waals surface area contributed by atoms with Crippen LogP contribution in [0.25, 0.3) is 0 Å². The van der Waals surface area contributed by atoms with E-state index in [4.69, 9.17) is 18.0 Å². The lowest BCUT2D eigenvalue weighted by molar-refractivity contribution is 0.550. The number of hydrogen-bond acceptors (Lipinski definition) is 3. The van der Waals surface area contributed by atoms with Crippen LogP contribution in [0.1, 0.15) is 12.8 Å². The van der Waals surface area contributed by atoms with E-state index in [9.17, 15) is 0 Å². The van der Waals surface area contributed by atoms with E-state index in [0.29, 0.717) is 17.0 Å². The van der Waals surface area contributed by atoms with Crippen LogP contribution in [0.4, 0.5) is 0 Å². The van der Waals surface area contributed by atoms with E-state index in [1.54, 1.807) is 0 Å². The SMILES string of the molecule is NC1=N[C@@H](C2CC2)NC(=S)N1. The number of hydrogen-bond donors (Lipinski definition) is 3. The van der Waals surface area contributed by atoms with Gasteiger partial charge in [-0.15, -0.1) is 0 Å². The van der Waals surface area contributed by atoms with Crippen LogP contribution in [-0.2, 0) is 0 Å². The molecule has 1 aliphatic heterocycles. The lowest BCUT2D eigenvalue weighted by Gasteiger charge is -2.22. The molecular weight excluding hydrogens is 160 g/mol. The summed E-state index contributed by atoms with van der Waals surface area (Å²) in [4.78, 5) is 4.18. The Morgan fingerprint density at radius 3 is 2.82 bits per heavy atom. The minimum absolute atomic E-state index is 0.128. The fourth-order valence-corrected chi connectivity index (χ4v) is 1.36. The first-order valence-corrected chi connectivity index (χ1v) is 4.07. The fourth-order valence-electron chi connectivity index (χ4n) is 1.14. The molecule has 0 aromatic heterocycles. The van der Waals surface area contributed by atoms with Crippen molar-refractivity contribution in [1.82, 2.24) is 10.6 Å². The molecule has 0 bridgehead atoms. The van der Waals surface area contributed by atoms with Crippen molar-refractivity contribution in [1.29, 1.82) is 0 Å². The van der Waals surface area contributed by atoms with Gasteiger partial charge in [0.25, 0.3) is 0 Å². The second kappa shape index (κ2) is 2.34. The van der Waals surface area contributed by atoms with E-state index in [2.05, 4.69) is 15.6 Å². The molecule has 0 unspecified atom stereocenters. The molecule has 0 amide bonds. The molecule has 0 radical (unpaired) electrons. The molecule has 4 N–H and O–H groups in total. The number of aliphatic imine (C=N–C) groups is 1. The van der Waals surface area contributed by atoms with Crippen LogP contribution in [-0.4, -0.2) is 17.2 Å². The molecule has 0 spiro atoms. The summed E-state index contributed by atoms with van der Waals surface area (Å²) in [6.45, 7) is 0. The molecule has 2 rings (SSSR count). The highest BCUT2D eigenvalue weighted by Crippen LogP contribution is 2.33. The van der Waals surface area contributed by atoms with Crippen molar-refractivity contribution in [3.05, 3.63) is 0 Å². The van der Waals surface area contributed by atoms with E-state index >= 15 is 0 Å². The van der Waals surface area contributed by atoms with Gasteiger partial charge in [-0.25, -0.2) is 4.99 Å². The average molecular weight is 170 g/mol. The summed E-state index contributed by atoms with van der Waals surface area (Å²) in [7, 11) is 0. The zero-order chi connectivity index (χ0) is 7.84. The minimum atomic E-state index is 0.128. The van der Waals surface area contributed by atoms with Crippen LogP contribution in [0.5, 0.6) is 0 Å². The normalized spacial score (nSPS) is 30.4. The standard InChI is InChI=1S/C6H10N4S/c7-5-8-4(3-1-2-3)9-6(11)10-5/h3-4H,1-2H2,(H4,7,8,9,10,11)/t4-/m1/s1. The first kappa shape index (κ1) is 6.84. The Balaban J connectivity index is 2.09. The van der Waals surface area contributed by atoms with Crippen LogP contribution in [0.15, 0.2) is 4.99 Å². The molecule has 0 saturated heterocycles. The summed E-state index contributed by atoms with van der Waals surface area (Å²) < 4.78 is 0. The molecule has 11 heavy (non-hydrogen) atoms. The molecule has 1 saturated carbocycles. The van der Waals surface area contributed by atoms with Crippen molar-refractivity contribution in [2.75, 3.05) is 0 Å². The quantitative estimate of drug-likeness (QED) is 0.465. The van der Waals surface area contributed by atoms with Crippen molar-refractivity contribution < 1.29 is 0 Å². The van der Waals surface area contributed by atoms with E-state index in [0.717, 1.165) is 0 Å². The predicted molar refractivity (Wildman–Crippen MR) is 47.0 cm³/mol. The van der Waals surface area contributed by atoms with Gasteiger partial charge in [-0.2, -0.15) is 0 Å². The Bertz CT molecular complexity index is 221. The molecule has 1 aliphatic carbocycles. The Labute approximate surface area is 70.2 Å². The average Bonchev–Trinajstić information content (AvgIpc) is 2.64. The third kappa shape index (κ3) is 1.42. The first-order valence-electron chi connectivity index (χ1n) is 3.66. The first-order chi connectivity index (χ1) is 5.25. The summed E-state index contributed by atoms with van der Waals surface area (Å²) in [5.74, 6) is 1.08. The Hall–Kier alpha value is -0.840. The van der Waals surface area contributed by atoms with Gasteiger partial charge in [0.15, 0.2) is 11.1 Å². The second-order valence-electron chi connectivity index (χ2n) is 2.90. The molecule has 2 aliphatic rings. The monoisotopic (exact) mass is 170 g/mol. The highest BCUT2D eigenvalue weighted by Gasteiger charge is 2.33. The van der Waals surface area contributed by atoms with E-state index in [-0.39, 0.29) is 6.17 Å². The molecule has 1 atom stereocenters. The third-order valence-electron chi connectivity index (χ3n) is 1.87. The molecule has 60 valence electrons. The van der Waals surface area contributed by atoms with Crippen molar-refractivity contribution in [3.8, 4) is 0 Å². The smallest absolute Gasteiger partial charge is 0.197 e. The van der Waals surface area contributed by atoms with Crippen molar-refractivity contribution in [2.45, 2.75) is 19.0 Å². The van der Waals surface area contributed by atoms with E-state index in [1.807, 2.05) is 0 Å². The molecular formula is C6H10N4S. The summed E-state index contributed by atoms with van der Waals surface area (Å²) in [6.07, 6.45) is 2.59. The van der Waals surface area contributed by atoms with Gasteiger partial charge in [0.1, 0.15) is 6.17 Å². The zero-order valence-electron chi connectivity index (χ0n) is 6.00. The topological polar surface area (TPSA) is 62.4 Å². The van der Waals surface area contributed by atoms with Crippen molar-refractivity contribution in [3.63, 3.8) is 0 Å². The van der Waals surface area contributed by atoms with Crippen LogP contribution >= 0.6 is 12.2 Å². The van der Waals surface area contributed by atoms with Crippen LogP contribution in [0.3, 0.4) is 0 Å². The lowest BCUT2D eigenvalue weighted by atomic mass is 10.3. The molecule has 1 heterocycles. The highest BCUT2D eigenvalue weighted by atomic mass is 32.1. The maximum atomic E-state index is 5.49. The molecule has 0 aromatic carbocycles. The summed E-state index contributed by atoms with van der Waals surface area (Å²) in [5, 5.41) is 6.39. The third-order valence-corrected chi connectivity index (χ3v) is 2.09. The van der Waals surface area contributed by atoms with Gasteiger partial charge in [-0.3, -0.25) is 0 Å². The maximum Gasteiger partial charge on any atom is 0.197 e. The van der Waals surface area contributed by atoms with Gasteiger partial charge >= 0.3 is 0 Å². The minimum Gasteiger partial charge on any atom is -0.370 e. The Morgan fingerprint density at radius 1 is 1.55 bits per heavy atom. The van der Waals surface area contributed by atoms with Crippen molar-refractivity contribution >= 4 is 23.3 Å². The highest BCUT2D eigenvalue weighted by molar-refractivity contribution is 7.80. The van der Waals surface area contributed by atoms with E-state index < -0.39 is 0 Å². The largest absolute Gasteiger partial charge is 0.370 e. The maximum absolute atomic E-state index is 5.49. The number of thiocarbonyl (C=S) groups is 1. The predicted octanol–water partition coefficient (Wildman–Crippen LogP) is -0.485. The van der Waals surface area contributed by atoms with Gasteiger partial charge in [-0.1, -0.05) is 0 Å². The van der Waals surface area contributed by atoms with Crippen LogP contribution < -0.4 is 16.4 Å². The summed E-state index contributed by atoms with van der Waals surface area (Å²) in [6, 6.07) is 0. The molecule has 0 aromatic rings. The van der Waals surface area contributed by atoms with Gasteiger partial charge in [0, 0.05) is 0 Å². The Morgan fingerprint density at radius 2 is 2.27 bits per heavy atom. The number of nitrogens with zero attached hydrogens (tertiary/aromatic N) is 1. The van der Waals surface area contributed by atoms with Crippen LogP contribution in [0, 0.1) is 5.92 Å². The van der Waals surface area contributed by atoms with Gasteiger partial charge in [0.05, 0.1) is 0 Å². The second-order valence-corrected chi connectivity index (χ2v) is 3.30. The number of rotatable bonds is 1. The van der Waals surface area contributed by atoms with Gasteiger partial charge < -0.3 is 16.4 Å². The van der Waals surface area contributed by atoms with E-state index in [1.165, 1.54) is 12.8 Å². The lowest BCUT2D eigenvalue weighted by Crippen LogP contribution is -2.53. The molecule has 5 heteroatoms. The number of nitrogens with two attached hydrogens (primary N) is 1. The number of guanidine groups is 1. The zero-order valence-corrected chi connectivity index (χ0v) is 6.82. The molecule has 1 fully saturated rings. The Kier molecular flexibility index (Phi) is 1.45. The fraction of sp³-hybridized carbons (Fsp3) is 0.667. The van der Waals surface area contributed by atoms with Gasteiger partial charge in [-0.05, 0) is 31.0 Å². The van der Waals surface area contributed by atoms with Gasteiger partial charge in [0.2, 0.25) is 0 Å². The van der Waals surface area contributed by atoms with Crippen LogP contribution in [0.2, 0.25) is 0 Å². The summed E-state index contributed by atoms with van der Waals surface area (Å²) in [5.41, 5.74) is 5.49.